The van der Waals surface area contributed by atoms with Gasteiger partial charge in [-0.25, -0.2) is 13.6 Å². The van der Waals surface area contributed by atoms with E-state index < -0.39 is 10.0 Å². The maximum atomic E-state index is 11.5. The fraction of sp³-hybridized carbons (Fsp3) is 0.471. The van der Waals surface area contributed by atoms with Crippen molar-refractivity contribution in [3.63, 3.8) is 0 Å². The number of aliphatic imine (C=N–C) groups is 1. The number of anilines is 1. The van der Waals surface area contributed by atoms with Gasteiger partial charge in [-0.05, 0) is 49.6 Å². The minimum Gasteiger partial charge on any atom is -0.358 e. The molecule has 0 unspecified atom stereocenters. The highest BCUT2D eigenvalue weighted by Gasteiger charge is 2.21. The van der Waals surface area contributed by atoms with Gasteiger partial charge in [-0.3, -0.25) is 4.99 Å². The Bertz CT molecular complexity index is 735. The molecule has 2 N–H and O–H groups in total. The lowest BCUT2D eigenvalue weighted by Crippen LogP contribution is -2.38. The van der Waals surface area contributed by atoms with Gasteiger partial charge in [-0.2, -0.15) is 0 Å². The van der Waals surface area contributed by atoms with Crippen LogP contribution in [-0.4, -0.2) is 39.3 Å². The van der Waals surface area contributed by atoms with Gasteiger partial charge in [0.05, 0.1) is 4.90 Å². The van der Waals surface area contributed by atoms with Crippen LogP contribution in [0.4, 0.5) is 5.69 Å². The van der Waals surface area contributed by atoms with E-state index in [1.165, 1.54) is 0 Å². The fourth-order valence-electron chi connectivity index (χ4n) is 2.87. The van der Waals surface area contributed by atoms with Gasteiger partial charge < -0.3 is 9.80 Å². The first-order valence-corrected chi connectivity index (χ1v) is 9.79. The van der Waals surface area contributed by atoms with Crippen molar-refractivity contribution in [3.8, 4) is 0 Å². The van der Waals surface area contributed by atoms with E-state index in [2.05, 4.69) is 28.6 Å². The molecule has 1 aromatic rings. The molecular weight excluding hydrogens is 324 g/mol. The number of allylic oxidation sites excluding steroid dienone is 1. The monoisotopic (exact) mass is 350 g/mol. The zero-order chi connectivity index (χ0) is 17.7. The highest BCUT2D eigenvalue weighted by molar-refractivity contribution is 7.89. The molecule has 0 spiro atoms. The molecule has 132 valence electrons. The van der Waals surface area contributed by atoms with Crippen LogP contribution >= 0.6 is 0 Å². The number of rotatable bonds is 7. The average molecular weight is 350 g/mol. The summed E-state index contributed by atoms with van der Waals surface area (Å²) in [6, 6.07) is 4.97. The average Bonchev–Trinajstić information content (AvgIpc) is 2.54. The predicted octanol–water partition coefficient (Wildman–Crippen LogP) is 2.45. The van der Waals surface area contributed by atoms with Crippen LogP contribution in [0.5, 0.6) is 0 Å². The summed E-state index contributed by atoms with van der Waals surface area (Å²) < 4.78 is 23.1. The van der Waals surface area contributed by atoms with Gasteiger partial charge in [-0.1, -0.05) is 13.8 Å². The third-order valence-corrected chi connectivity index (χ3v) is 4.84. The van der Waals surface area contributed by atoms with Crippen molar-refractivity contribution in [1.82, 2.24) is 4.90 Å². The van der Waals surface area contributed by atoms with Crippen molar-refractivity contribution in [3.05, 3.63) is 35.7 Å². The first kappa shape index (κ1) is 18.5. The number of nitrogens with two attached hydrogens (primary N) is 1. The molecule has 0 radical (unpaired) electrons. The fourth-order valence-corrected chi connectivity index (χ4v) is 3.47. The van der Waals surface area contributed by atoms with Crippen molar-refractivity contribution in [2.24, 2.45) is 10.1 Å². The van der Waals surface area contributed by atoms with E-state index in [0.717, 1.165) is 43.0 Å². The minimum atomic E-state index is -3.69. The van der Waals surface area contributed by atoms with E-state index in [0.29, 0.717) is 6.67 Å². The van der Waals surface area contributed by atoms with E-state index in [1.54, 1.807) is 18.2 Å². The lowest BCUT2D eigenvalue weighted by atomic mass is 10.1. The maximum Gasteiger partial charge on any atom is 0.238 e. The van der Waals surface area contributed by atoms with Crippen molar-refractivity contribution < 1.29 is 8.42 Å². The number of hydrogen-bond acceptors (Lipinski definition) is 5. The third-order valence-electron chi connectivity index (χ3n) is 3.93. The molecule has 6 nitrogen and oxygen atoms in total. The van der Waals surface area contributed by atoms with Gasteiger partial charge in [-0.15, -0.1) is 0 Å². The normalized spacial score (nSPS) is 14.7. The van der Waals surface area contributed by atoms with Crippen LogP contribution in [0.15, 0.2) is 40.0 Å². The third kappa shape index (κ3) is 4.15. The maximum absolute atomic E-state index is 11.5. The van der Waals surface area contributed by atoms with Crippen LogP contribution in [-0.2, 0) is 10.0 Å². The SMILES string of the molecule is CCCN(CCC)C1=CC=NCN1c1ccc(S(N)(=O)=O)cc1C. The van der Waals surface area contributed by atoms with E-state index in [9.17, 15) is 8.42 Å². The van der Waals surface area contributed by atoms with Crippen LogP contribution in [0, 0.1) is 6.92 Å². The van der Waals surface area contributed by atoms with Gasteiger partial charge in [0.1, 0.15) is 12.5 Å². The van der Waals surface area contributed by atoms with Crippen LogP contribution < -0.4 is 10.0 Å². The second-order valence-corrected chi connectivity index (χ2v) is 7.47. The van der Waals surface area contributed by atoms with Crippen LogP contribution in [0.1, 0.15) is 32.3 Å². The molecule has 1 aliphatic rings. The summed E-state index contributed by atoms with van der Waals surface area (Å²) in [6.07, 6.45) is 5.97. The standard InChI is InChI=1S/C17H26N4O2S/c1-4-10-20(11-5-2)17-8-9-19-13-21(17)16-7-6-15(12-14(16)3)24(18,22)23/h6-9,12H,4-5,10-11,13H2,1-3H3,(H2,18,22,23). The molecule has 24 heavy (non-hydrogen) atoms. The summed E-state index contributed by atoms with van der Waals surface area (Å²) in [4.78, 5) is 8.95. The Morgan fingerprint density at radius 3 is 2.46 bits per heavy atom. The number of primary sulfonamides is 1. The number of benzene rings is 1. The molecule has 1 aliphatic heterocycles. The highest BCUT2D eigenvalue weighted by Crippen LogP contribution is 2.28. The second-order valence-electron chi connectivity index (χ2n) is 5.91. The summed E-state index contributed by atoms with van der Waals surface area (Å²) in [5.41, 5.74) is 1.81. The lowest BCUT2D eigenvalue weighted by Gasteiger charge is -2.37. The topological polar surface area (TPSA) is 79.0 Å². The lowest BCUT2D eigenvalue weighted by molar-refractivity contribution is 0.333. The molecular formula is C17H26N4O2S. The minimum absolute atomic E-state index is 0.133. The van der Waals surface area contributed by atoms with E-state index >= 15 is 0 Å². The quantitative estimate of drug-likeness (QED) is 0.819. The summed E-state index contributed by atoms with van der Waals surface area (Å²) in [5.74, 6) is 1.10. The molecule has 0 fully saturated rings. The first-order chi connectivity index (χ1) is 11.4. The van der Waals surface area contributed by atoms with Gasteiger partial charge in [0.2, 0.25) is 10.0 Å². The van der Waals surface area contributed by atoms with Gasteiger partial charge in [0.15, 0.2) is 0 Å². The van der Waals surface area contributed by atoms with Crippen molar-refractivity contribution in [2.75, 3.05) is 24.7 Å². The Labute approximate surface area is 144 Å². The van der Waals surface area contributed by atoms with E-state index in [4.69, 9.17) is 5.14 Å². The molecule has 1 aromatic carbocycles. The van der Waals surface area contributed by atoms with Gasteiger partial charge >= 0.3 is 0 Å². The summed E-state index contributed by atoms with van der Waals surface area (Å²) >= 11 is 0. The molecule has 0 amide bonds. The number of hydrogen-bond donors (Lipinski definition) is 1. The second kappa shape index (κ2) is 7.81. The molecule has 2 rings (SSSR count). The summed E-state index contributed by atoms with van der Waals surface area (Å²) in [5, 5.41) is 5.22. The molecule has 0 atom stereocenters. The Morgan fingerprint density at radius 2 is 1.92 bits per heavy atom. The van der Waals surface area contributed by atoms with Crippen LogP contribution in [0.25, 0.3) is 0 Å². The Balaban J connectivity index is 2.39. The van der Waals surface area contributed by atoms with Gasteiger partial charge in [0.25, 0.3) is 0 Å². The summed E-state index contributed by atoms with van der Waals surface area (Å²) in [7, 11) is -3.69. The molecule has 7 heteroatoms. The molecule has 0 aliphatic carbocycles. The Hall–Kier alpha value is -1.86. The number of sulfonamides is 1. The highest BCUT2D eigenvalue weighted by atomic mass is 32.2. The van der Waals surface area contributed by atoms with Gasteiger partial charge in [0, 0.05) is 25.0 Å². The molecule has 0 bridgehead atoms. The molecule has 1 heterocycles. The Morgan fingerprint density at radius 1 is 1.25 bits per heavy atom. The zero-order valence-corrected chi connectivity index (χ0v) is 15.4. The van der Waals surface area contributed by atoms with E-state index in [-0.39, 0.29) is 4.90 Å². The van der Waals surface area contributed by atoms with Crippen LogP contribution in [0.2, 0.25) is 0 Å². The van der Waals surface area contributed by atoms with E-state index in [1.807, 2.05) is 19.2 Å². The molecule has 0 saturated carbocycles. The number of nitrogens with zero attached hydrogens (tertiary/aromatic N) is 3. The van der Waals surface area contributed by atoms with Crippen molar-refractivity contribution in [1.29, 1.82) is 0 Å². The molecule has 0 aromatic heterocycles. The van der Waals surface area contributed by atoms with Crippen molar-refractivity contribution in [2.45, 2.75) is 38.5 Å². The zero-order valence-electron chi connectivity index (χ0n) is 14.6. The Kier molecular flexibility index (Phi) is 6.01. The first-order valence-electron chi connectivity index (χ1n) is 8.24. The predicted molar refractivity (Wildman–Crippen MR) is 98.6 cm³/mol. The van der Waals surface area contributed by atoms with Crippen molar-refractivity contribution >= 4 is 21.9 Å². The smallest absolute Gasteiger partial charge is 0.238 e. The largest absolute Gasteiger partial charge is 0.358 e. The number of aryl methyl sites for hydroxylation is 1. The van der Waals surface area contributed by atoms with Crippen LogP contribution in [0.3, 0.4) is 0 Å². The summed E-state index contributed by atoms with van der Waals surface area (Å²) in [6.45, 7) is 8.68. The molecule has 0 saturated heterocycles.